The minimum Gasteiger partial charge on any atom is -0.487 e. The fraction of sp³-hybridized carbons (Fsp3) is 0.526. The zero-order chi connectivity index (χ0) is 16.1. The van der Waals surface area contributed by atoms with Gasteiger partial charge in [0.15, 0.2) is 5.96 Å². The minimum absolute atomic E-state index is 0.0184. The summed E-state index contributed by atoms with van der Waals surface area (Å²) in [5.74, 6) is 4.35. The zero-order valence-electron chi connectivity index (χ0n) is 13.8. The molecule has 122 valence electrons. The molecule has 1 aromatic carbocycles. The van der Waals surface area contributed by atoms with Crippen LogP contribution in [0.3, 0.4) is 0 Å². The van der Waals surface area contributed by atoms with Crippen molar-refractivity contribution in [3.63, 3.8) is 0 Å². The highest BCUT2D eigenvalue weighted by Gasteiger charge is 2.43. The summed E-state index contributed by atoms with van der Waals surface area (Å²) in [6.07, 6.45) is 11.1. The van der Waals surface area contributed by atoms with E-state index in [9.17, 15) is 0 Å². The fourth-order valence-corrected chi connectivity index (χ4v) is 3.68. The summed E-state index contributed by atoms with van der Waals surface area (Å²) in [5.41, 5.74) is 1.19. The molecule has 1 fully saturated rings. The first-order valence-corrected chi connectivity index (χ1v) is 8.52. The van der Waals surface area contributed by atoms with Gasteiger partial charge in [0.05, 0.1) is 6.04 Å². The summed E-state index contributed by atoms with van der Waals surface area (Å²) >= 11 is 0. The molecular formula is C19H25N3O. The highest BCUT2D eigenvalue weighted by atomic mass is 16.5. The Balaban J connectivity index is 1.86. The average molecular weight is 311 g/mol. The van der Waals surface area contributed by atoms with Gasteiger partial charge in [-0.3, -0.25) is 0 Å². The van der Waals surface area contributed by atoms with E-state index in [1.807, 2.05) is 6.07 Å². The molecule has 1 heterocycles. The summed E-state index contributed by atoms with van der Waals surface area (Å²) in [6.45, 7) is 3.25. The van der Waals surface area contributed by atoms with Gasteiger partial charge in [0, 0.05) is 18.5 Å². The van der Waals surface area contributed by atoms with Crippen LogP contribution >= 0.6 is 0 Å². The summed E-state index contributed by atoms with van der Waals surface area (Å²) in [6, 6.07) is 8.53. The van der Waals surface area contributed by atoms with Crippen LogP contribution in [0.4, 0.5) is 0 Å². The van der Waals surface area contributed by atoms with Crippen LogP contribution in [-0.4, -0.2) is 24.7 Å². The van der Waals surface area contributed by atoms with Crippen molar-refractivity contribution in [1.82, 2.24) is 10.6 Å². The number of guanidine groups is 1. The summed E-state index contributed by atoms with van der Waals surface area (Å²) in [7, 11) is 0. The molecule has 4 nitrogen and oxygen atoms in total. The highest BCUT2D eigenvalue weighted by molar-refractivity contribution is 5.80. The molecule has 1 aliphatic heterocycles. The number of nitrogens with zero attached hydrogens (tertiary/aromatic N) is 1. The molecule has 0 radical (unpaired) electrons. The van der Waals surface area contributed by atoms with Gasteiger partial charge in [0.1, 0.15) is 17.9 Å². The van der Waals surface area contributed by atoms with E-state index < -0.39 is 0 Å². The molecule has 2 aliphatic rings. The van der Waals surface area contributed by atoms with Crippen molar-refractivity contribution in [3.8, 4) is 18.1 Å². The molecule has 0 bridgehead atoms. The summed E-state index contributed by atoms with van der Waals surface area (Å²) in [5, 5.41) is 6.84. The molecule has 1 aromatic rings. The van der Waals surface area contributed by atoms with Crippen molar-refractivity contribution < 1.29 is 4.74 Å². The topological polar surface area (TPSA) is 45.7 Å². The van der Waals surface area contributed by atoms with Crippen molar-refractivity contribution in [2.75, 3.05) is 13.1 Å². The zero-order valence-corrected chi connectivity index (χ0v) is 13.8. The largest absolute Gasteiger partial charge is 0.487 e. The van der Waals surface area contributed by atoms with Crippen molar-refractivity contribution in [2.45, 2.75) is 50.7 Å². The smallest absolute Gasteiger partial charge is 0.192 e. The van der Waals surface area contributed by atoms with Crippen LogP contribution in [0.1, 0.15) is 50.6 Å². The van der Waals surface area contributed by atoms with Crippen LogP contribution in [0.15, 0.2) is 29.3 Å². The van der Waals surface area contributed by atoms with Crippen LogP contribution in [0.5, 0.6) is 5.75 Å². The highest BCUT2D eigenvalue weighted by Crippen LogP contribution is 2.46. The molecule has 23 heavy (non-hydrogen) atoms. The molecule has 1 saturated carbocycles. The number of hydrogen-bond donors (Lipinski definition) is 2. The molecule has 0 saturated heterocycles. The van der Waals surface area contributed by atoms with Crippen molar-refractivity contribution in [3.05, 3.63) is 29.8 Å². The molecule has 4 heteroatoms. The van der Waals surface area contributed by atoms with Crippen molar-refractivity contribution in [1.29, 1.82) is 0 Å². The van der Waals surface area contributed by atoms with Crippen LogP contribution in [0, 0.1) is 12.3 Å². The third kappa shape index (κ3) is 3.44. The Morgan fingerprint density at radius 1 is 1.39 bits per heavy atom. The normalized spacial score (nSPS) is 22.1. The first-order valence-electron chi connectivity index (χ1n) is 8.52. The predicted octanol–water partition coefficient (Wildman–Crippen LogP) is 3.01. The van der Waals surface area contributed by atoms with E-state index in [0.717, 1.165) is 37.5 Å². The fourth-order valence-electron chi connectivity index (χ4n) is 3.68. The first kappa shape index (κ1) is 15.7. The second kappa shape index (κ2) is 6.95. The molecule has 0 aromatic heterocycles. The van der Waals surface area contributed by atoms with Crippen molar-refractivity contribution in [2.24, 2.45) is 4.99 Å². The lowest BCUT2D eigenvalue weighted by molar-refractivity contribution is 0.0396. The van der Waals surface area contributed by atoms with E-state index >= 15 is 0 Å². The van der Waals surface area contributed by atoms with Gasteiger partial charge in [-0.2, -0.15) is 0 Å². The van der Waals surface area contributed by atoms with E-state index in [0.29, 0.717) is 6.54 Å². The maximum Gasteiger partial charge on any atom is 0.192 e. The third-order valence-electron chi connectivity index (χ3n) is 4.70. The van der Waals surface area contributed by atoms with Crippen LogP contribution in [0.25, 0.3) is 0 Å². The van der Waals surface area contributed by atoms with Crippen LogP contribution in [0.2, 0.25) is 0 Å². The number of rotatable bonds is 3. The van der Waals surface area contributed by atoms with Gasteiger partial charge in [-0.25, -0.2) is 4.99 Å². The second-order valence-electron chi connectivity index (χ2n) is 6.33. The Morgan fingerprint density at radius 2 is 2.17 bits per heavy atom. The number of para-hydroxylation sites is 1. The quantitative estimate of drug-likeness (QED) is 0.512. The standard InChI is InChI=1S/C19H25N3O/c1-3-13-21-18(20-4-2)22-16-14-19(11-7-8-12-19)23-17-10-6-5-9-15(16)17/h1,5-6,9-10,16H,4,7-8,11-14H2,2H3,(H2,20,21,22). The lowest BCUT2D eigenvalue weighted by Crippen LogP contribution is -2.46. The van der Waals surface area contributed by atoms with Gasteiger partial charge in [0.25, 0.3) is 0 Å². The van der Waals surface area contributed by atoms with E-state index in [1.165, 1.54) is 18.4 Å². The number of terminal acetylenes is 1. The Morgan fingerprint density at radius 3 is 2.91 bits per heavy atom. The Kier molecular flexibility index (Phi) is 4.76. The number of nitrogens with one attached hydrogen (secondary N) is 2. The SMILES string of the molecule is C#CCN=C(NCC)NC1CC2(CCCC2)Oc2ccccc21. The third-order valence-corrected chi connectivity index (χ3v) is 4.70. The number of benzene rings is 1. The molecule has 1 spiro atoms. The predicted molar refractivity (Wildman–Crippen MR) is 93.6 cm³/mol. The number of ether oxygens (including phenoxy) is 1. The van der Waals surface area contributed by atoms with E-state index in [1.54, 1.807) is 0 Å². The Labute approximate surface area is 138 Å². The molecule has 2 N–H and O–H groups in total. The number of hydrogen-bond acceptors (Lipinski definition) is 2. The van der Waals surface area contributed by atoms with E-state index in [-0.39, 0.29) is 11.6 Å². The summed E-state index contributed by atoms with van der Waals surface area (Å²) < 4.78 is 6.40. The molecule has 1 unspecified atom stereocenters. The Bertz CT molecular complexity index is 611. The van der Waals surface area contributed by atoms with Gasteiger partial charge in [-0.1, -0.05) is 24.1 Å². The maximum atomic E-state index is 6.40. The first-order chi connectivity index (χ1) is 11.3. The van der Waals surface area contributed by atoms with Gasteiger partial charge in [-0.15, -0.1) is 6.42 Å². The molecule has 0 amide bonds. The number of fused-ring (bicyclic) bond motifs is 1. The monoisotopic (exact) mass is 311 g/mol. The molecule has 3 rings (SSSR count). The van der Waals surface area contributed by atoms with E-state index in [4.69, 9.17) is 11.2 Å². The van der Waals surface area contributed by atoms with Crippen LogP contribution in [-0.2, 0) is 0 Å². The Hall–Kier alpha value is -2.15. The van der Waals surface area contributed by atoms with Crippen LogP contribution < -0.4 is 15.4 Å². The minimum atomic E-state index is -0.0184. The average Bonchev–Trinajstić information content (AvgIpc) is 3.00. The van der Waals surface area contributed by atoms with Gasteiger partial charge in [0.2, 0.25) is 0 Å². The second-order valence-corrected chi connectivity index (χ2v) is 6.33. The molecular weight excluding hydrogens is 286 g/mol. The number of aliphatic imine (C=N–C) groups is 1. The maximum absolute atomic E-state index is 6.40. The van der Waals surface area contributed by atoms with Crippen molar-refractivity contribution >= 4 is 5.96 Å². The van der Waals surface area contributed by atoms with Gasteiger partial charge < -0.3 is 15.4 Å². The van der Waals surface area contributed by atoms with Gasteiger partial charge in [-0.05, 0) is 38.7 Å². The molecule has 1 atom stereocenters. The lowest BCUT2D eigenvalue weighted by Gasteiger charge is -2.40. The molecule has 1 aliphatic carbocycles. The lowest BCUT2D eigenvalue weighted by atomic mass is 9.86. The summed E-state index contributed by atoms with van der Waals surface area (Å²) in [4.78, 5) is 4.43. The van der Waals surface area contributed by atoms with E-state index in [2.05, 4.69) is 46.7 Å². The van der Waals surface area contributed by atoms with Gasteiger partial charge >= 0.3 is 0 Å².